The number of hydrogen-bond donors (Lipinski definition) is 2. The van der Waals surface area contributed by atoms with Crippen LogP contribution in [0.2, 0.25) is 0 Å². The Morgan fingerprint density at radius 1 is 1.33 bits per heavy atom. The molecule has 1 aromatic carbocycles. The van der Waals surface area contributed by atoms with Crippen molar-refractivity contribution in [2.45, 2.75) is 37.5 Å². The molecule has 1 aliphatic rings. The predicted molar refractivity (Wildman–Crippen MR) is 77.1 cm³/mol. The summed E-state index contributed by atoms with van der Waals surface area (Å²) in [5.74, 6) is 1.49. The maximum atomic E-state index is 11.9. The van der Waals surface area contributed by atoms with Gasteiger partial charge < -0.3 is 5.32 Å². The van der Waals surface area contributed by atoms with E-state index in [1.807, 2.05) is 24.3 Å². The van der Waals surface area contributed by atoms with Crippen molar-refractivity contribution in [3.63, 3.8) is 0 Å². The van der Waals surface area contributed by atoms with Crippen molar-refractivity contribution < 1.29 is 4.79 Å². The summed E-state index contributed by atoms with van der Waals surface area (Å²) in [6, 6.07) is 7.34. The number of carbonyl (C=O) groups is 1. The van der Waals surface area contributed by atoms with Crippen molar-refractivity contribution in [2.24, 2.45) is 11.8 Å². The molecule has 2 rings (SSSR count). The maximum Gasteiger partial charge on any atom is 0.251 e. The third-order valence-corrected chi connectivity index (χ3v) is 4.02. The third-order valence-electron chi connectivity index (χ3n) is 3.73. The molecule has 1 aliphatic carbocycles. The molecule has 0 heterocycles. The molecule has 0 saturated heterocycles. The number of benzene rings is 1. The van der Waals surface area contributed by atoms with Gasteiger partial charge in [0.15, 0.2) is 0 Å². The van der Waals surface area contributed by atoms with E-state index in [9.17, 15) is 4.79 Å². The molecule has 3 heteroatoms. The van der Waals surface area contributed by atoms with Gasteiger partial charge in [0.25, 0.3) is 5.91 Å². The van der Waals surface area contributed by atoms with Crippen LogP contribution in [0.5, 0.6) is 0 Å². The number of hydrogen-bond acceptors (Lipinski definition) is 2. The molecule has 2 nitrogen and oxygen atoms in total. The van der Waals surface area contributed by atoms with Gasteiger partial charge in [0.2, 0.25) is 0 Å². The second-order valence-corrected chi connectivity index (χ2v) is 5.91. The summed E-state index contributed by atoms with van der Waals surface area (Å²) in [7, 11) is 0. The van der Waals surface area contributed by atoms with Crippen LogP contribution in [-0.2, 0) is 0 Å². The quantitative estimate of drug-likeness (QED) is 0.803. The van der Waals surface area contributed by atoms with Gasteiger partial charge in [0.1, 0.15) is 0 Å². The zero-order chi connectivity index (χ0) is 13.0. The highest BCUT2D eigenvalue weighted by atomic mass is 32.1. The second-order valence-electron chi connectivity index (χ2n) is 5.39. The molecule has 1 N–H and O–H groups in total. The molecule has 18 heavy (non-hydrogen) atoms. The van der Waals surface area contributed by atoms with Gasteiger partial charge in [-0.25, -0.2) is 0 Å². The largest absolute Gasteiger partial charge is 0.352 e. The molecule has 1 saturated carbocycles. The Morgan fingerprint density at radius 3 is 2.72 bits per heavy atom. The van der Waals surface area contributed by atoms with Crippen molar-refractivity contribution in [2.75, 3.05) is 6.54 Å². The summed E-state index contributed by atoms with van der Waals surface area (Å²) in [4.78, 5) is 12.8. The molecule has 0 aliphatic heterocycles. The fourth-order valence-corrected chi connectivity index (χ4v) is 2.85. The topological polar surface area (TPSA) is 29.1 Å². The Labute approximate surface area is 115 Å². The third kappa shape index (κ3) is 3.77. The smallest absolute Gasteiger partial charge is 0.251 e. The molecule has 0 radical (unpaired) electrons. The first-order chi connectivity index (χ1) is 8.65. The molecule has 98 valence electrons. The van der Waals surface area contributed by atoms with Crippen LogP contribution in [0.25, 0.3) is 0 Å². The van der Waals surface area contributed by atoms with Crippen LogP contribution in [0, 0.1) is 11.8 Å². The molecule has 1 aromatic rings. The normalized spacial score (nSPS) is 23.7. The predicted octanol–water partition coefficient (Wildman–Crippen LogP) is 3.53. The van der Waals surface area contributed by atoms with Crippen molar-refractivity contribution in [3.8, 4) is 0 Å². The molecule has 2 unspecified atom stereocenters. The minimum Gasteiger partial charge on any atom is -0.352 e. The zero-order valence-corrected chi connectivity index (χ0v) is 11.7. The Hall–Kier alpha value is -0.960. The fourth-order valence-electron chi connectivity index (χ4n) is 2.70. The summed E-state index contributed by atoms with van der Waals surface area (Å²) in [6.45, 7) is 3.12. The van der Waals surface area contributed by atoms with Crippen molar-refractivity contribution in [1.82, 2.24) is 5.32 Å². The monoisotopic (exact) mass is 263 g/mol. The van der Waals surface area contributed by atoms with Crippen LogP contribution in [0.3, 0.4) is 0 Å². The lowest BCUT2D eigenvalue weighted by Crippen LogP contribution is -2.31. The molecule has 0 bridgehead atoms. The fraction of sp³-hybridized carbons (Fsp3) is 0.533. The summed E-state index contributed by atoms with van der Waals surface area (Å²) < 4.78 is 0. The average molecular weight is 263 g/mol. The van der Waals surface area contributed by atoms with E-state index in [0.717, 1.165) is 22.9 Å². The minimum atomic E-state index is 0.0292. The highest BCUT2D eigenvalue weighted by molar-refractivity contribution is 7.80. The van der Waals surface area contributed by atoms with Crippen LogP contribution in [0.1, 0.15) is 43.0 Å². The maximum absolute atomic E-state index is 11.9. The van der Waals surface area contributed by atoms with E-state index < -0.39 is 0 Å². The lowest BCUT2D eigenvalue weighted by Gasteiger charge is -2.26. The van der Waals surface area contributed by atoms with E-state index in [4.69, 9.17) is 0 Å². The number of thiol groups is 1. The summed E-state index contributed by atoms with van der Waals surface area (Å²) in [6.07, 6.45) is 5.14. The van der Waals surface area contributed by atoms with Gasteiger partial charge in [-0.15, -0.1) is 12.6 Å². The van der Waals surface area contributed by atoms with Crippen molar-refractivity contribution >= 4 is 18.5 Å². The second kappa shape index (κ2) is 6.28. The minimum absolute atomic E-state index is 0.0292. The van der Waals surface area contributed by atoms with Gasteiger partial charge in [-0.2, -0.15) is 0 Å². The molecule has 1 fully saturated rings. The van der Waals surface area contributed by atoms with Crippen LogP contribution < -0.4 is 5.32 Å². The molecular weight excluding hydrogens is 242 g/mol. The van der Waals surface area contributed by atoms with Gasteiger partial charge in [-0.1, -0.05) is 19.8 Å². The molecular formula is C15H21NOS. The Morgan fingerprint density at radius 2 is 2.06 bits per heavy atom. The Bertz CT molecular complexity index is 401. The molecule has 1 amide bonds. The first-order valence-corrected chi connectivity index (χ1v) is 7.17. The van der Waals surface area contributed by atoms with Crippen LogP contribution in [0.4, 0.5) is 0 Å². The standard InChI is InChI=1S/C15H21NOS/c1-11-3-2-4-12(9-11)10-16-15(17)13-5-7-14(18)8-6-13/h5-8,11-12,18H,2-4,9-10H2,1H3,(H,16,17). The Balaban J connectivity index is 1.82. The van der Waals surface area contributed by atoms with E-state index >= 15 is 0 Å². The van der Waals surface area contributed by atoms with Crippen LogP contribution >= 0.6 is 12.6 Å². The number of carbonyl (C=O) groups excluding carboxylic acids is 1. The lowest BCUT2D eigenvalue weighted by atomic mass is 9.82. The Kier molecular flexibility index (Phi) is 4.70. The van der Waals surface area contributed by atoms with E-state index in [2.05, 4.69) is 24.9 Å². The summed E-state index contributed by atoms with van der Waals surface area (Å²) in [5.41, 5.74) is 0.719. The van der Waals surface area contributed by atoms with Gasteiger partial charge >= 0.3 is 0 Å². The zero-order valence-electron chi connectivity index (χ0n) is 10.9. The first kappa shape index (κ1) is 13.5. The van der Waals surface area contributed by atoms with Gasteiger partial charge in [0, 0.05) is 17.0 Å². The van der Waals surface area contributed by atoms with Crippen molar-refractivity contribution in [3.05, 3.63) is 29.8 Å². The van der Waals surface area contributed by atoms with Gasteiger partial charge in [-0.05, 0) is 48.9 Å². The summed E-state index contributed by atoms with van der Waals surface area (Å²) >= 11 is 4.21. The van der Waals surface area contributed by atoms with Gasteiger partial charge in [-0.3, -0.25) is 4.79 Å². The number of rotatable bonds is 3. The molecule has 2 atom stereocenters. The van der Waals surface area contributed by atoms with E-state index in [-0.39, 0.29) is 5.91 Å². The first-order valence-electron chi connectivity index (χ1n) is 6.72. The lowest BCUT2D eigenvalue weighted by molar-refractivity contribution is 0.0940. The van der Waals surface area contributed by atoms with Gasteiger partial charge in [0.05, 0.1) is 0 Å². The molecule has 0 aromatic heterocycles. The van der Waals surface area contributed by atoms with Crippen molar-refractivity contribution in [1.29, 1.82) is 0 Å². The van der Waals surface area contributed by atoms with E-state index in [1.165, 1.54) is 25.7 Å². The van der Waals surface area contributed by atoms with Crippen LogP contribution in [0.15, 0.2) is 29.2 Å². The highest BCUT2D eigenvalue weighted by Crippen LogP contribution is 2.27. The van der Waals surface area contributed by atoms with E-state index in [1.54, 1.807) is 0 Å². The number of amides is 1. The summed E-state index contributed by atoms with van der Waals surface area (Å²) in [5, 5.41) is 3.04. The number of nitrogens with one attached hydrogen (secondary N) is 1. The highest BCUT2D eigenvalue weighted by Gasteiger charge is 2.19. The SMILES string of the molecule is CC1CCCC(CNC(=O)c2ccc(S)cc2)C1. The average Bonchev–Trinajstić information content (AvgIpc) is 2.37. The van der Waals surface area contributed by atoms with Crippen LogP contribution in [-0.4, -0.2) is 12.5 Å². The molecule has 0 spiro atoms. The van der Waals surface area contributed by atoms with E-state index in [0.29, 0.717) is 5.92 Å².